The Hall–Kier alpha value is 0. The fourth-order valence-corrected chi connectivity index (χ4v) is 1.25. The topological polar surface area (TPSA) is 0 Å². The molecule has 10 heavy (non-hydrogen) atoms. The van der Waals surface area contributed by atoms with Crippen LogP contribution < -0.4 is 0 Å². The van der Waals surface area contributed by atoms with E-state index in [0.29, 0.717) is 5.41 Å². The lowest BCUT2D eigenvalue weighted by Crippen LogP contribution is -2.12. The van der Waals surface area contributed by atoms with Crippen LogP contribution in [0.5, 0.6) is 0 Å². The maximum absolute atomic E-state index is 2.34. The van der Waals surface area contributed by atoms with Gasteiger partial charge in [-0.3, -0.25) is 0 Å². The molecule has 0 unspecified atom stereocenters. The van der Waals surface area contributed by atoms with E-state index in [-0.39, 0.29) is 7.43 Å². The van der Waals surface area contributed by atoms with Crippen molar-refractivity contribution in [2.75, 3.05) is 0 Å². The van der Waals surface area contributed by atoms with Gasteiger partial charge in [-0.25, -0.2) is 0 Å². The second-order valence-corrected chi connectivity index (χ2v) is 4.12. The van der Waals surface area contributed by atoms with Crippen molar-refractivity contribution in [1.82, 2.24) is 0 Å². The number of hydrogen-bond acceptors (Lipinski definition) is 0. The maximum atomic E-state index is 2.34. The van der Waals surface area contributed by atoms with Crippen molar-refractivity contribution in [1.29, 1.82) is 0 Å². The Morgan fingerprint density at radius 1 is 1.20 bits per heavy atom. The molecule has 0 heterocycles. The molecule has 0 atom stereocenters. The van der Waals surface area contributed by atoms with Gasteiger partial charge < -0.3 is 0 Å². The van der Waals surface area contributed by atoms with Gasteiger partial charge in [0.2, 0.25) is 0 Å². The van der Waals surface area contributed by atoms with E-state index in [1.807, 2.05) is 0 Å². The lowest BCUT2D eigenvalue weighted by atomic mass is 9.82. The highest BCUT2D eigenvalue weighted by atomic mass is 14.2. The van der Waals surface area contributed by atoms with Crippen molar-refractivity contribution in [3.05, 3.63) is 0 Å². The van der Waals surface area contributed by atoms with Crippen LogP contribution in [-0.4, -0.2) is 0 Å². The summed E-state index contributed by atoms with van der Waals surface area (Å²) in [4.78, 5) is 0. The van der Waals surface area contributed by atoms with Gasteiger partial charge in [0.15, 0.2) is 0 Å². The molecule has 0 aliphatic heterocycles. The Bertz CT molecular complexity index is 70.1. The number of rotatable bonds is 3. The minimum Gasteiger partial charge on any atom is -0.0776 e. The van der Waals surface area contributed by atoms with Crippen molar-refractivity contribution < 1.29 is 0 Å². The van der Waals surface area contributed by atoms with Gasteiger partial charge in [0.05, 0.1) is 0 Å². The average molecular weight is 144 g/mol. The SMILES string of the molecule is C.CCC(C)(C)CC(C)C. The van der Waals surface area contributed by atoms with E-state index >= 15 is 0 Å². The highest BCUT2D eigenvalue weighted by Gasteiger charge is 2.15. The molecule has 0 rings (SSSR count). The predicted molar refractivity (Wildman–Crippen MR) is 50.3 cm³/mol. The summed E-state index contributed by atoms with van der Waals surface area (Å²) in [6.45, 7) is 11.5. The van der Waals surface area contributed by atoms with Gasteiger partial charge in [0.1, 0.15) is 0 Å². The van der Waals surface area contributed by atoms with Gasteiger partial charge in [0.25, 0.3) is 0 Å². The highest BCUT2D eigenvalue weighted by molar-refractivity contribution is 4.67. The summed E-state index contributed by atoms with van der Waals surface area (Å²) in [6.07, 6.45) is 2.65. The van der Waals surface area contributed by atoms with Crippen LogP contribution in [-0.2, 0) is 0 Å². The molecule has 0 spiro atoms. The third-order valence-electron chi connectivity index (χ3n) is 1.92. The molecule has 0 saturated heterocycles. The van der Waals surface area contributed by atoms with Crippen molar-refractivity contribution in [2.24, 2.45) is 11.3 Å². The smallest absolute Gasteiger partial charge is 0.0354 e. The molecule has 0 bridgehead atoms. The lowest BCUT2D eigenvalue weighted by Gasteiger charge is -2.24. The molecular formula is C10H24. The fraction of sp³-hybridized carbons (Fsp3) is 1.00. The third kappa shape index (κ3) is 6.12. The zero-order valence-corrected chi connectivity index (χ0v) is 7.49. The van der Waals surface area contributed by atoms with Crippen LogP contribution in [0.25, 0.3) is 0 Å². The standard InChI is InChI=1S/C9H20.CH4/c1-6-9(4,5)7-8(2)3;/h8H,6-7H2,1-5H3;1H4. The van der Waals surface area contributed by atoms with Crippen LogP contribution in [0.2, 0.25) is 0 Å². The molecule has 0 nitrogen and oxygen atoms in total. The fourth-order valence-electron chi connectivity index (χ4n) is 1.25. The van der Waals surface area contributed by atoms with Gasteiger partial charge >= 0.3 is 0 Å². The van der Waals surface area contributed by atoms with Gasteiger partial charge in [0, 0.05) is 0 Å². The van der Waals surface area contributed by atoms with Crippen LogP contribution >= 0.6 is 0 Å². The van der Waals surface area contributed by atoms with E-state index in [2.05, 4.69) is 34.6 Å². The van der Waals surface area contributed by atoms with Gasteiger partial charge in [-0.1, -0.05) is 48.5 Å². The van der Waals surface area contributed by atoms with Crippen molar-refractivity contribution >= 4 is 0 Å². The zero-order chi connectivity index (χ0) is 7.49. The van der Waals surface area contributed by atoms with E-state index in [9.17, 15) is 0 Å². The molecule has 0 N–H and O–H groups in total. The summed E-state index contributed by atoms with van der Waals surface area (Å²) in [5, 5.41) is 0. The van der Waals surface area contributed by atoms with E-state index in [1.54, 1.807) is 0 Å². The van der Waals surface area contributed by atoms with Crippen LogP contribution in [0.1, 0.15) is 54.9 Å². The molecule has 0 aliphatic rings. The first kappa shape index (κ1) is 12.7. The Morgan fingerprint density at radius 2 is 1.60 bits per heavy atom. The van der Waals surface area contributed by atoms with Crippen LogP contribution in [0, 0.1) is 11.3 Å². The van der Waals surface area contributed by atoms with Crippen LogP contribution in [0.4, 0.5) is 0 Å². The first-order valence-corrected chi connectivity index (χ1v) is 3.98. The van der Waals surface area contributed by atoms with Gasteiger partial charge in [-0.15, -0.1) is 0 Å². The molecular weight excluding hydrogens is 120 g/mol. The monoisotopic (exact) mass is 144 g/mol. The Morgan fingerprint density at radius 3 is 1.70 bits per heavy atom. The first-order chi connectivity index (χ1) is 3.98. The Balaban J connectivity index is 0. The third-order valence-corrected chi connectivity index (χ3v) is 1.92. The Labute approximate surface area is 67.0 Å². The van der Waals surface area contributed by atoms with E-state index in [4.69, 9.17) is 0 Å². The van der Waals surface area contributed by atoms with Crippen molar-refractivity contribution in [2.45, 2.75) is 54.9 Å². The summed E-state index contributed by atoms with van der Waals surface area (Å²) in [5.74, 6) is 0.847. The molecule has 64 valence electrons. The molecule has 0 saturated carbocycles. The summed E-state index contributed by atoms with van der Waals surface area (Å²) < 4.78 is 0. The molecule has 0 aliphatic carbocycles. The summed E-state index contributed by atoms with van der Waals surface area (Å²) >= 11 is 0. The maximum Gasteiger partial charge on any atom is -0.0354 e. The second-order valence-electron chi connectivity index (χ2n) is 4.12. The first-order valence-electron chi connectivity index (χ1n) is 3.98. The minimum atomic E-state index is 0. The van der Waals surface area contributed by atoms with Gasteiger partial charge in [-0.2, -0.15) is 0 Å². The van der Waals surface area contributed by atoms with E-state index in [1.165, 1.54) is 12.8 Å². The van der Waals surface area contributed by atoms with Crippen molar-refractivity contribution in [3.8, 4) is 0 Å². The zero-order valence-electron chi connectivity index (χ0n) is 7.49. The summed E-state index contributed by atoms with van der Waals surface area (Å²) in [6, 6.07) is 0. The molecule has 0 radical (unpaired) electrons. The van der Waals surface area contributed by atoms with E-state index in [0.717, 1.165) is 5.92 Å². The molecule has 0 aromatic rings. The summed E-state index contributed by atoms with van der Waals surface area (Å²) in [5.41, 5.74) is 0.564. The number of hydrogen-bond donors (Lipinski definition) is 0. The molecule has 0 aromatic heterocycles. The van der Waals surface area contributed by atoms with Crippen LogP contribution in [0.15, 0.2) is 0 Å². The average Bonchev–Trinajstić information content (AvgIpc) is 1.63. The summed E-state index contributed by atoms with van der Waals surface area (Å²) in [7, 11) is 0. The van der Waals surface area contributed by atoms with E-state index < -0.39 is 0 Å². The molecule has 0 heteroatoms. The highest BCUT2D eigenvalue weighted by Crippen LogP contribution is 2.28. The molecule has 0 amide bonds. The molecule has 0 aromatic carbocycles. The molecule has 0 fully saturated rings. The lowest BCUT2D eigenvalue weighted by molar-refractivity contribution is 0.277. The van der Waals surface area contributed by atoms with Gasteiger partial charge in [-0.05, 0) is 17.8 Å². The second kappa shape index (κ2) is 4.76. The largest absolute Gasteiger partial charge is 0.0776 e. The minimum absolute atomic E-state index is 0. The quantitative estimate of drug-likeness (QED) is 0.559. The predicted octanol–water partition coefficient (Wildman–Crippen LogP) is 4.10. The Kier molecular flexibility index (Phi) is 6.02. The van der Waals surface area contributed by atoms with Crippen molar-refractivity contribution in [3.63, 3.8) is 0 Å². The normalized spacial score (nSPS) is 11.4. The van der Waals surface area contributed by atoms with Crippen LogP contribution in [0.3, 0.4) is 0 Å².